The monoisotopic (exact) mass is 397 g/mol. The third kappa shape index (κ3) is 4.60. The van der Waals surface area contributed by atoms with E-state index >= 15 is 0 Å². The summed E-state index contributed by atoms with van der Waals surface area (Å²) >= 11 is 0. The standard InChI is InChI=1S/C21H23N3O5/c1-24-16(17-6-5-9-29-17)12-15(23-24)13-22-20(25)8-7-14-10-18(26-2)21(28-4)19(11-14)27-3/h5-12H,13H2,1-4H3,(H,22,25)/b8-7+. The molecule has 1 N–H and O–H groups in total. The Hall–Kier alpha value is -3.68. The molecule has 8 heteroatoms. The number of amides is 1. The lowest BCUT2D eigenvalue weighted by molar-refractivity contribution is -0.116. The number of furan rings is 1. The molecule has 0 atom stereocenters. The number of hydrogen-bond donors (Lipinski definition) is 1. The molecule has 2 aromatic heterocycles. The van der Waals surface area contributed by atoms with Crippen LogP contribution in [0.3, 0.4) is 0 Å². The Kier molecular flexibility index (Phi) is 6.23. The van der Waals surface area contributed by atoms with Crippen molar-refractivity contribution in [2.24, 2.45) is 7.05 Å². The van der Waals surface area contributed by atoms with Crippen molar-refractivity contribution in [2.75, 3.05) is 21.3 Å². The molecular formula is C21H23N3O5. The predicted octanol–water partition coefficient (Wildman–Crippen LogP) is 3.04. The highest BCUT2D eigenvalue weighted by atomic mass is 16.5. The third-order valence-electron chi connectivity index (χ3n) is 4.26. The predicted molar refractivity (Wildman–Crippen MR) is 108 cm³/mol. The molecule has 1 aromatic carbocycles. The fourth-order valence-corrected chi connectivity index (χ4v) is 2.87. The molecule has 0 saturated heterocycles. The van der Waals surface area contributed by atoms with Gasteiger partial charge in [-0.15, -0.1) is 0 Å². The van der Waals surface area contributed by atoms with Gasteiger partial charge in [-0.3, -0.25) is 9.48 Å². The Morgan fingerprint density at radius 3 is 2.48 bits per heavy atom. The van der Waals surface area contributed by atoms with E-state index in [1.54, 1.807) is 43.4 Å². The van der Waals surface area contributed by atoms with Gasteiger partial charge in [-0.05, 0) is 42.0 Å². The average molecular weight is 397 g/mol. The number of methoxy groups -OCH3 is 3. The van der Waals surface area contributed by atoms with Crippen LogP contribution in [0.15, 0.2) is 47.1 Å². The van der Waals surface area contributed by atoms with Gasteiger partial charge in [-0.2, -0.15) is 5.10 Å². The van der Waals surface area contributed by atoms with Crippen LogP contribution in [0.25, 0.3) is 17.5 Å². The van der Waals surface area contributed by atoms with Crippen molar-refractivity contribution in [1.29, 1.82) is 0 Å². The number of nitrogens with one attached hydrogen (secondary N) is 1. The molecule has 0 unspecified atom stereocenters. The molecule has 29 heavy (non-hydrogen) atoms. The van der Waals surface area contributed by atoms with Gasteiger partial charge in [0.2, 0.25) is 11.7 Å². The van der Waals surface area contributed by atoms with Gasteiger partial charge >= 0.3 is 0 Å². The first-order chi connectivity index (χ1) is 14.0. The van der Waals surface area contributed by atoms with Crippen LogP contribution in [0.2, 0.25) is 0 Å². The molecule has 0 aliphatic carbocycles. The lowest BCUT2D eigenvalue weighted by Gasteiger charge is -2.12. The lowest BCUT2D eigenvalue weighted by atomic mass is 10.1. The molecule has 3 rings (SSSR count). The number of aromatic nitrogens is 2. The van der Waals surface area contributed by atoms with Crippen molar-refractivity contribution >= 4 is 12.0 Å². The number of carbonyl (C=O) groups is 1. The summed E-state index contributed by atoms with van der Waals surface area (Å²) in [4.78, 5) is 12.2. The van der Waals surface area contributed by atoms with Crippen LogP contribution in [0.4, 0.5) is 0 Å². The summed E-state index contributed by atoms with van der Waals surface area (Å²) < 4.78 is 23.0. The molecule has 2 heterocycles. The first-order valence-electron chi connectivity index (χ1n) is 8.88. The van der Waals surface area contributed by atoms with Crippen LogP contribution >= 0.6 is 0 Å². The highest BCUT2D eigenvalue weighted by Gasteiger charge is 2.13. The molecule has 0 aliphatic rings. The SMILES string of the molecule is COc1cc(/C=C/C(=O)NCc2cc(-c3ccco3)n(C)n2)cc(OC)c1OC. The lowest BCUT2D eigenvalue weighted by Crippen LogP contribution is -2.20. The van der Waals surface area contributed by atoms with Crippen molar-refractivity contribution in [3.63, 3.8) is 0 Å². The fourth-order valence-electron chi connectivity index (χ4n) is 2.87. The number of benzene rings is 1. The Balaban J connectivity index is 1.65. The Bertz CT molecular complexity index is 981. The Labute approximate surface area is 168 Å². The largest absolute Gasteiger partial charge is 0.493 e. The Morgan fingerprint density at radius 2 is 1.90 bits per heavy atom. The number of aryl methyl sites for hydroxylation is 1. The molecule has 0 radical (unpaired) electrons. The van der Waals surface area contributed by atoms with E-state index in [9.17, 15) is 4.79 Å². The number of hydrogen-bond acceptors (Lipinski definition) is 6. The van der Waals surface area contributed by atoms with Crippen molar-refractivity contribution in [3.05, 3.63) is 53.9 Å². The summed E-state index contributed by atoms with van der Waals surface area (Å²) in [5, 5.41) is 7.21. The zero-order chi connectivity index (χ0) is 20.8. The molecule has 152 valence electrons. The van der Waals surface area contributed by atoms with Crippen molar-refractivity contribution in [3.8, 4) is 28.7 Å². The quantitative estimate of drug-likeness (QED) is 0.588. The maximum absolute atomic E-state index is 12.2. The van der Waals surface area contributed by atoms with Gasteiger partial charge in [0.05, 0.1) is 39.8 Å². The second-order valence-electron chi connectivity index (χ2n) is 6.13. The van der Waals surface area contributed by atoms with Gasteiger partial charge in [0, 0.05) is 13.1 Å². The van der Waals surface area contributed by atoms with Crippen molar-refractivity contribution in [2.45, 2.75) is 6.54 Å². The molecule has 0 saturated carbocycles. The molecular weight excluding hydrogens is 374 g/mol. The topological polar surface area (TPSA) is 87.8 Å². The second kappa shape index (κ2) is 9.01. The van der Waals surface area contributed by atoms with Gasteiger partial charge < -0.3 is 23.9 Å². The minimum Gasteiger partial charge on any atom is -0.493 e. The number of nitrogens with zero attached hydrogens (tertiary/aromatic N) is 2. The van der Waals surface area contributed by atoms with Crippen molar-refractivity contribution in [1.82, 2.24) is 15.1 Å². The van der Waals surface area contributed by atoms with E-state index in [2.05, 4.69) is 10.4 Å². The Morgan fingerprint density at radius 1 is 1.17 bits per heavy atom. The zero-order valence-electron chi connectivity index (χ0n) is 16.8. The third-order valence-corrected chi connectivity index (χ3v) is 4.26. The van der Waals surface area contributed by atoms with Crippen LogP contribution in [0.1, 0.15) is 11.3 Å². The van der Waals surface area contributed by atoms with Gasteiger partial charge in [0.25, 0.3) is 0 Å². The van der Waals surface area contributed by atoms with Crippen LogP contribution in [-0.4, -0.2) is 37.0 Å². The smallest absolute Gasteiger partial charge is 0.244 e. The van der Waals surface area contributed by atoms with Crippen molar-refractivity contribution < 1.29 is 23.4 Å². The van der Waals surface area contributed by atoms with Crippen LogP contribution in [-0.2, 0) is 18.4 Å². The molecule has 0 fully saturated rings. The molecule has 3 aromatic rings. The van der Waals surface area contributed by atoms with E-state index in [1.807, 2.05) is 25.2 Å². The van der Waals surface area contributed by atoms with Crippen LogP contribution in [0, 0.1) is 0 Å². The van der Waals surface area contributed by atoms with Crippen LogP contribution < -0.4 is 19.5 Å². The summed E-state index contributed by atoms with van der Waals surface area (Å²) in [5.74, 6) is 2.01. The van der Waals surface area contributed by atoms with Crippen LogP contribution in [0.5, 0.6) is 17.2 Å². The van der Waals surface area contributed by atoms with Gasteiger partial charge in [0.15, 0.2) is 17.3 Å². The normalized spacial score (nSPS) is 10.9. The summed E-state index contributed by atoms with van der Waals surface area (Å²) in [6.07, 6.45) is 4.72. The average Bonchev–Trinajstić information content (AvgIpc) is 3.39. The molecule has 0 bridgehead atoms. The summed E-state index contributed by atoms with van der Waals surface area (Å²) in [7, 11) is 6.45. The second-order valence-corrected chi connectivity index (χ2v) is 6.13. The minimum absolute atomic E-state index is 0.246. The molecule has 1 amide bonds. The molecule has 0 spiro atoms. The molecule has 0 aliphatic heterocycles. The highest BCUT2D eigenvalue weighted by molar-refractivity contribution is 5.91. The van der Waals surface area contributed by atoms with Gasteiger partial charge in [-0.25, -0.2) is 0 Å². The van der Waals surface area contributed by atoms with Gasteiger partial charge in [0.1, 0.15) is 5.69 Å². The zero-order valence-corrected chi connectivity index (χ0v) is 16.8. The summed E-state index contributed by atoms with van der Waals surface area (Å²) in [6, 6.07) is 9.08. The first-order valence-corrected chi connectivity index (χ1v) is 8.88. The van der Waals surface area contributed by atoms with E-state index in [0.29, 0.717) is 23.8 Å². The summed E-state index contributed by atoms with van der Waals surface area (Å²) in [6.45, 7) is 0.299. The maximum atomic E-state index is 12.2. The molecule has 8 nitrogen and oxygen atoms in total. The van der Waals surface area contributed by atoms with E-state index in [1.165, 1.54) is 13.2 Å². The first kappa shape index (κ1) is 20.1. The summed E-state index contributed by atoms with van der Waals surface area (Å²) in [5.41, 5.74) is 2.31. The maximum Gasteiger partial charge on any atom is 0.244 e. The van der Waals surface area contributed by atoms with E-state index in [-0.39, 0.29) is 5.91 Å². The highest BCUT2D eigenvalue weighted by Crippen LogP contribution is 2.38. The van der Waals surface area contributed by atoms with E-state index < -0.39 is 0 Å². The van der Waals surface area contributed by atoms with Gasteiger partial charge in [-0.1, -0.05) is 0 Å². The number of carbonyl (C=O) groups excluding carboxylic acids is 1. The minimum atomic E-state index is -0.246. The van der Waals surface area contributed by atoms with E-state index in [0.717, 1.165) is 22.7 Å². The fraction of sp³-hybridized carbons (Fsp3) is 0.238. The van der Waals surface area contributed by atoms with E-state index in [4.69, 9.17) is 18.6 Å². The number of rotatable bonds is 8. The number of ether oxygens (including phenoxy) is 3.